The van der Waals surface area contributed by atoms with Crippen LogP contribution in [0.4, 0.5) is 21.6 Å². The van der Waals surface area contributed by atoms with E-state index in [1.54, 1.807) is 24.7 Å². The van der Waals surface area contributed by atoms with E-state index < -0.39 is 6.67 Å². The molecule has 3 heterocycles. The van der Waals surface area contributed by atoms with E-state index in [4.69, 9.17) is 0 Å². The molecule has 1 fully saturated rings. The van der Waals surface area contributed by atoms with Crippen molar-refractivity contribution in [1.29, 1.82) is 0 Å². The summed E-state index contributed by atoms with van der Waals surface area (Å²) in [6, 6.07) is 5.39. The average molecular weight is 367 g/mol. The summed E-state index contributed by atoms with van der Waals surface area (Å²) < 4.78 is 13.9. The minimum Gasteiger partial charge on any atom is -0.351 e. The molecule has 4 rings (SSSR count). The Labute approximate surface area is 154 Å². The summed E-state index contributed by atoms with van der Waals surface area (Å²) in [7, 11) is 0. The molecule has 0 saturated heterocycles. The first-order valence-corrected chi connectivity index (χ1v) is 8.66. The van der Waals surface area contributed by atoms with Crippen molar-refractivity contribution in [2.24, 2.45) is 0 Å². The smallest absolute Gasteiger partial charge is 0.277 e. The summed E-state index contributed by atoms with van der Waals surface area (Å²) in [4.78, 5) is 25.3. The Bertz CT molecular complexity index is 940. The molecule has 1 aliphatic rings. The number of anilines is 3. The van der Waals surface area contributed by atoms with Gasteiger partial charge in [0.15, 0.2) is 11.5 Å². The second kappa shape index (κ2) is 7.48. The fraction of sp³-hybridized carbons (Fsp3) is 0.278. The molecule has 138 valence electrons. The number of carbonyl (C=O) groups is 1. The minimum absolute atomic E-state index is 0.145. The summed E-state index contributed by atoms with van der Waals surface area (Å²) in [5, 5.41) is 9.98. The predicted octanol–water partition coefficient (Wildman–Crippen LogP) is 2.91. The number of carbonyl (C=O) groups excluding carboxylic acids is 1. The highest BCUT2D eigenvalue weighted by atomic mass is 19.1. The van der Waals surface area contributed by atoms with Crippen LogP contribution in [0.5, 0.6) is 0 Å². The van der Waals surface area contributed by atoms with E-state index in [0.29, 0.717) is 23.1 Å². The molecule has 0 aliphatic heterocycles. The van der Waals surface area contributed by atoms with Crippen LogP contribution in [-0.2, 0) is 6.54 Å². The lowest BCUT2D eigenvalue weighted by Gasteiger charge is -2.12. The van der Waals surface area contributed by atoms with Gasteiger partial charge in [-0.1, -0.05) is 0 Å². The quantitative estimate of drug-likeness (QED) is 0.666. The number of aromatic nitrogens is 5. The zero-order valence-corrected chi connectivity index (χ0v) is 14.5. The van der Waals surface area contributed by atoms with E-state index in [1.807, 2.05) is 12.1 Å². The molecule has 27 heavy (non-hydrogen) atoms. The highest BCUT2D eigenvalue weighted by molar-refractivity contribution is 6.06. The van der Waals surface area contributed by atoms with Gasteiger partial charge in [-0.2, -0.15) is 5.10 Å². The standard InChI is InChI=1S/C18H18FN7O/c19-6-8-26-7-5-16(25-26)24-18(27)17-15(22-13-9-20-11-21-10-13)4-3-14(23-17)12-1-2-12/h3-5,7,9-12,22H,1-2,6,8H2,(H,24,25,27). The van der Waals surface area contributed by atoms with Gasteiger partial charge in [-0.05, 0) is 25.0 Å². The van der Waals surface area contributed by atoms with Crippen LogP contribution in [0.3, 0.4) is 0 Å². The van der Waals surface area contributed by atoms with Gasteiger partial charge in [0.05, 0.1) is 30.3 Å². The lowest BCUT2D eigenvalue weighted by molar-refractivity contribution is 0.102. The molecule has 0 radical (unpaired) electrons. The number of hydrogen-bond acceptors (Lipinski definition) is 6. The Morgan fingerprint density at radius 3 is 2.78 bits per heavy atom. The van der Waals surface area contributed by atoms with Crippen LogP contribution in [0, 0.1) is 0 Å². The van der Waals surface area contributed by atoms with Crippen LogP contribution in [0.15, 0.2) is 43.1 Å². The molecule has 1 amide bonds. The molecule has 9 heteroatoms. The van der Waals surface area contributed by atoms with E-state index in [-0.39, 0.29) is 18.1 Å². The van der Waals surface area contributed by atoms with Gasteiger partial charge in [-0.15, -0.1) is 0 Å². The maximum atomic E-state index is 12.8. The van der Waals surface area contributed by atoms with E-state index in [2.05, 4.69) is 30.7 Å². The van der Waals surface area contributed by atoms with Crippen LogP contribution in [0.25, 0.3) is 0 Å². The second-order valence-corrected chi connectivity index (χ2v) is 6.27. The van der Waals surface area contributed by atoms with Crippen LogP contribution < -0.4 is 10.6 Å². The summed E-state index contributed by atoms with van der Waals surface area (Å²) in [6.07, 6.45) is 8.44. The number of aryl methyl sites for hydroxylation is 1. The number of alkyl halides is 1. The topological polar surface area (TPSA) is 97.6 Å². The van der Waals surface area contributed by atoms with E-state index in [9.17, 15) is 9.18 Å². The Morgan fingerprint density at radius 2 is 2.04 bits per heavy atom. The number of halogens is 1. The Hall–Kier alpha value is -3.36. The molecule has 0 aromatic carbocycles. The fourth-order valence-corrected chi connectivity index (χ4v) is 2.69. The zero-order chi connectivity index (χ0) is 18.6. The van der Waals surface area contributed by atoms with Crippen molar-refractivity contribution < 1.29 is 9.18 Å². The van der Waals surface area contributed by atoms with Gasteiger partial charge in [-0.25, -0.2) is 19.3 Å². The summed E-state index contributed by atoms with van der Waals surface area (Å²) in [6.45, 7) is -0.376. The van der Waals surface area contributed by atoms with Gasteiger partial charge in [0.25, 0.3) is 5.91 Å². The van der Waals surface area contributed by atoms with Crippen molar-refractivity contribution in [3.8, 4) is 0 Å². The number of nitrogens with one attached hydrogen (secondary N) is 2. The highest BCUT2D eigenvalue weighted by Crippen LogP contribution is 2.39. The Balaban J connectivity index is 1.59. The SMILES string of the molecule is O=C(Nc1ccn(CCF)n1)c1nc(C2CC2)ccc1Nc1cncnc1. The molecule has 1 aliphatic carbocycles. The minimum atomic E-state index is -0.521. The van der Waals surface area contributed by atoms with Gasteiger partial charge in [0.1, 0.15) is 13.0 Å². The lowest BCUT2D eigenvalue weighted by Crippen LogP contribution is -2.17. The predicted molar refractivity (Wildman–Crippen MR) is 97.7 cm³/mol. The largest absolute Gasteiger partial charge is 0.351 e. The van der Waals surface area contributed by atoms with Gasteiger partial charge in [0.2, 0.25) is 0 Å². The summed E-state index contributed by atoms with van der Waals surface area (Å²) in [5.74, 6) is 0.373. The van der Waals surface area contributed by atoms with Gasteiger partial charge in [0, 0.05) is 23.9 Å². The zero-order valence-electron chi connectivity index (χ0n) is 14.5. The fourth-order valence-electron chi connectivity index (χ4n) is 2.69. The highest BCUT2D eigenvalue weighted by Gasteiger charge is 2.27. The van der Waals surface area contributed by atoms with Crippen LogP contribution in [0.2, 0.25) is 0 Å². The lowest BCUT2D eigenvalue weighted by atomic mass is 10.2. The molecule has 3 aromatic rings. The molecule has 8 nitrogen and oxygen atoms in total. The normalized spacial score (nSPS) is 13.4. The van der Waals surface area contributed by atoms with Crippen molar-refractivity contribution in [3.63, 3.8) is 0 Å². The molecule has 1 saturated carbocycles. The third-order valence-electron chi connectivity index (χ3n) is 4.16. The van der Waals surface area contributed by atoms with Crippen molar-refractivity contribution in [3.05, 3.63) is 54.5 Å². The second-order valence-electron chi connectivity index (χ2n) is 6.27. The third-order valence-corrected chi connectivity index (χ3v) is 4.16. The van der Waals surface area contributed by atoms with Crippen molar-refractivity contribution in [2.45, 2.75) is 25.3 Å². The first-order valence-electron chi connectivity index (χ1n) is 8.66. The molecule has 0 unspecified atom stereocenters. The third kappa shape index (κ3) is 4.08. The Kier molecular flexibility index (Phi) is 4.73. The molecule has 3 aromatic heterocycles. The van der Waals surface area contributed by atoms with Gasteiger partial charge < -0.3 is 10.6 Å². The van der Waals surface area contributed by atoms with Gasteiger partial charge >= 0.3 is 0 Å². The van der Waals surface area contributed by atoms with Crippen molar-refractivity contribution in [2.75, 3.05) is 17.3 Å². The number of nitrogens with zero attached hydrogens (tertiary/aromatic N) is 5. The molecular weight excluding hydrogens is 349 g/mol. The van der Waals surface area contributed by atoms with Crippen LogP contribution >= 0.6 is 0 Å². The average Bonchev–Trinajstić information content (AvgIpc) is 3.44. The summed E-state index contributed by atoms with van der Waals surface area (Å²) in [5.41, 5.74) is 2.37. The number of pyridine rings is 1. The van der Waals surface area contributed by atoms with E-state index >= 15 is 0 Å². The molecule has 2 N–H and O–H groups in total. The molecule has 0 spiro atoms. The van der Waals surface area contributed by atoms with Crippen molar-refractivity contribution in [1.82, 2.24) is 24.7 Å². The number of hydrogen-bond donors (Lipinski definition) is 2. The number of amides is 1. The van der Waals surface area contributed by atoms with Crippen LogP contribution in [-0.4, -0.2) is 37.3 Å². The van der Waals surface area contributed by atoms with E-state index in [0.717, 1.165) is 18.5 Å². The maximum absolute atomic E-state index is 12.8. The first-order chi connectivity index (χ1) is 13.2. The van der Waals surface area contributed by atoms with Crippen molar-refractivity contribution >= 4 is 23.1 Å². The summed E-state index contributed by atoms with van der Waals surface area (Å²) >= 11 is 0. The molecule has 0 bridgehead atoms. The first kappa shape index (κ1) is 17.1. The Morgan fingerprint density at radius 1 is 1.22 bits per heavy atom. The molecule has 0 atom stereocenters. The maximum Gasteiger partial charge on any atom is 0.277 e. The van der Waals surface area contributed by atoms with E-state index in [1.165, 1.54) is 11.0 Å². The monoisotopic (exact) mass is 367 g/mol. The number of rotatable bonds is 7. The van der Waals surface area contributed by atoms with Gasteiger partial charge in [-0.3, -0.25) is 9.48 Å². The van der Waals surface area contributed by atoms with Crippen LogP contribution in [0.1, 0.15) is 34.9 Å². The molecular formula is C18H18FN7O.